The van der Waals surface area contributed by atoms with Crippen molar-refractivity contribution in [3.8, 4) is 0 Å². The molecule has 0 atom stereocenters. The molecular formula is C14H16N2O2. The number of urea groups is 1. The average Bonchev–Trinajstić information content (AvgIpc) is 2.67. The first-order valence-corrected chi connectivity index (χ1v) is 6.12. The number of carbonyl (C=O) groups is 2. The molecular weight excluding hydrogens is 228 g/mol. The Morgan fingerprint density at radius 3 is 2.39 bits per heavy atom. The number of carbonyl (C=O) groups excluding carboxylic acids is 2. The highest BCUT2D eigenvalue weighted by Gasteiger charge is 2.22. The molecule has 0 saturated carbocycles. The first-order valence-electron chi connectivity index (χ1n) is 6.12. The molecule has 2 N–H and O–H groups in total. The zero-order chi connectivity index (χ0) is 13.0. The van der Waals surface area contributed by atoms with Gasteiger partial charge in [0.05, 0.1) is 0 Å². The fourth-order valence-corrected chi connectivity index (χ4v) is 1.81. The van der Waals surface area contributed by atoms with E-state index in [1.54, 1.807) is 6.08 Å². The van der Waals surface area contributed by atoms with Gasteiger partial charge in [0.2, 0.25) is 0 Å². The molecule has 1 heterocycles. The van der Waals surface area contributed by atoms with E-state index < -0.39 is 6.03 Å². The van der Waals surface area contributed by atoms with Gasteiger partial charge in [0, 0.05) is 0 Å². The van der Waals surface area contributed by atoms with Crippen LogP contribution in [0, 0.1) is 0 Å². The van der Waals surface area contributed by atoms with Gasteiger partial charge in [0.15, 0.2) is 0 Å². The minimum absolute atomic E-state index is 0.293. The quantitative estimate of drug-likeness (QED) is 0.630. The SMILES string of the molecule is CCCCc1ccc(/C=C2\NC(=O)NC2=O)cc1. The lowest BCUT2D eigenvalue weighted by Gasteiger charge is -2.01. The van der Waals surface area contributed by atoms with Gasteiger partial charge >= 0.3 is 6.03 Å². The maximum atomic E-state index is 11.3. The van der Waals surface area contributed by atoms with E-state index in [1.807, 2.05) is 12.1 Å². The molecule has 2 rings (SSSR count). The number of imide groups is 1. The molecule has 1 aliphatic heterocycles. The highest BCUT2D eigenvalue weighted by atomic mass is 16.2. The highest BCUT2D eigenvalue weighted by Crippen LogP contribution is 2.11. The molecule has 0 unspecified atom stereocenters. The van der Waals surface area contributed by atoms with Crippen molar-refractivity contribution in [2.24, 2.45) is 0 Å². The lowest BCUT2D eigenvalue weighted by molar-refractivity contribution is -0.115. The third kappa shape index (κ3) is 2.97. The molecule has 94 valence electrons. The molecule has 4 nitrogen and oxygen atoms in total. The second-order valence-corrected chi connectivity index (χ2v) is 4.31. The minimum atomic E-state index is -0.467. The lowest BCUT2D eigenvalue weighted by atomic mass is 10.1. The van der Waals surface area contributed by atoms with Crippen LogP contribution >= 0.6 is 0 Å². The Bertz CT molecular complexity index is 489. The lowest BCUT2D eigenvalue weighted by Crippen LogP contribution is -2.22. The smallest absolute Gasteiger partial charge is 0.303 e. The molecule has 3 amide bonds. The van der Waals surface area contributed by atoms with Crippen molar-refractivity contribution in [3.05, 3.63) is 41.1 Å². The summed E-state index contributed by atoms with van der Waals surface area (Å²) in [4.78, 5) is 22.3. The second-order valence-electron chi connectivity index (χ2n) is 4.31. The maximum Gasteiger partial charge on any atom is 0.326 e. The number of amides is 3. The van der Waals surface area contributed by atoms with Gasteiger partial charge in [-0.1, -0.05) is 37.6 Å². The first kappa shape index (κ1) is 12.4. The Balaban J connectivity index is 2.08. The molecule has 0 bridgehead atoms. The van der Waals surface area contributed by atoms with Crippen LogP contribution in [0.4, 0.5) is 4.79 Å². The molecule has 1 aromatic rings. The molecule has 18 heavy (non-hydrogen) atoms. The van der Waals surface area contributed by atoms with Crippen LogP contribution in [0.2, 0.25) is 0 Å². The van der Waals surface area contributed by atoms with E-state index in [0.29, 0.717) is 5.70 Å². The average molecular weight is 244 g/mol. The van der Waals surface area contributed by atoms with Crippen molar-refractivity contribution < 1.29 is 9.59 Å². The third-order valence-corrected chi connectivity index (χ3v) is 2.83. The third-order valence-electron chi connectivity index (χ3n) is 2.83. The Morgan fingerprint density at radius 2 is 1.83 bits per heavy atom. The van der Waals surface area contributed by atoms with E-state index in [1.165, 1.54) is 18.4 Å². The fourth-order valence-electron chi connectivity index (χ4n) is 1.81. The van der Waals surface area contributed by atoms with Crippen LogP contribution in [0.5, 0.6) is 0 Å². The number of unbranched alkanes of at least 4 members (excludes halogenated alkanes) is 1. The van der Waals surface area contributed by atoms with Gasteiger partial charge in [-0.2, -0.15) is 0 Å². The standard InChI is InChI=1S/C14H16N2O2/c1-2-3-4-10-5-7-11(8-6-10)9-12-13(17)16-14(18)15-12/h5-9H,2-4H2,1H3,(H2,15,16,17,18)/b12-9-. The predicted octanol–water partition coefficient (Wildman–Crippen LogP) is 2.21. The summed E-state index contributed by atoms with van der Waals surface area (Å²) in [6.45, 7) is 2.17. The van der Waals surface area contributed by atoms with Crippen molar-refractivity contribution in [3.63, 3.8) is 0 Å². The molecule has 0 spiro atoms. The van der Waals surface area contributed by atoms with Crippen LogP contribution in [-0.4, -0.2) is 11.9 Å². The van der Waals surface area contributed by atoms with Crippen molar-refractivity contribution in [1.82, 2.24) is 10.6 Å². The van der Waals surface area contributed by atoms with Gasteiger partial charge in [-0.05, 0) is 30.0 Å². The van der Waals surface area contributed by atoms with E-state index in [2.05, 4.69) is 29.7 Å². The van der Waals surface area contributed by atoms with Crippen LogP contribution in [0.1, 0.15) is 30.9 Å². The Morgan fingerprint density at radius 1 is 1.11 bits per heavy atom. The van der Waals surface area contributed by atoms with Crippen molar-refractivity contribution in [2.75, 3.05) is 0 Å². The van der Waals surface area contributed by atoms with Crippen molar-refractivity contribution >= 4 is 18.0 Å². The van der Waals surface area contributed by atoms with Gasteiger partial charge in [-0.3, -0.25) is 10.1 Å². The predicted molar refractivity (Wildman–Crippen MR) is 69.7 cm³/mol. The molecule has 1 fully saturated rings. The number of hydrogen-bond acceptors (Lipinski definition) is 2. The van der Waals surface area contributed by atoms with Crippen molar-refractivity contribution in [2.45, 2.75) is 26.2 Å². The molecule has 1 aliphatic rings. The van der Waals surface area contributed by atoms with E-state index in [-0.39, 0.29) is 5.91 Å². The minimum Gasteiger partial charge on any atom is -0.303 e. The Hall–Kier alpha value is -2.10. The summed E-state index contributed by atoms with van der Waals surface area (Å²) < 4.78 is 0. The Kier molecular flexibility index (Phi) is 3.77. The van der Waals surface area contributed by atoms with Gasteiger partial charge in [0.1, 0.15) is 5.70 Å². The van der Waals surface area contributed by atoms with Gasteiger partial charge in [-0.25, -0.2) is 4.79 Å². The van der Waals surface area contributed by atoms with E-state index in [0.717, 1.165) is 12.0 Å². The maximum absolute atomic E-state index is 11.3. The molecule has 4 heteroatoms. The van der Waals surface area contributed by atoms with E-state index in [4.69, 9.17) is 0 Å². The summed E-state index contributed by atoms with van der Waals surface area (Å²) >= 11 is 0. The number of benzene rings is 1. The first-order chi connectivity index (χ1) is 8.69. The second kappa shape index (κ2) is 5.49. The molecule has 0 aromatic heterocycles. The summed E-state index contributed by atoms with van der Waals surface area (Å²) in [7, 11) is 0. The largest absolute Gasteiger partial charge is 0.326 e. The summed E-state index contributed by atoms with van der Waals surface area (Å²) in [6.07, 6.45) is 5.10. The van der Waals surface area contributed by atoms with E-state index in [9.17, 15) is 9.59 Å². The van der Waals surface area contributed by atoms with Crippen LogP contribution in [-0.2, 0) is 11.2 Å². The number of nitrogens with one attached hydrogen (secondary N) is 2. The van der Waals surface area contributed by atoms with Crippen LogP contribution in [0.3, 0.4) is 0 Å². The summed E-state index contributed by atoms with van der Waals surface area (Å²) in [6, 6.07) is 7.55. The zero-order valence-electron chi connectivity index (χ0n) is 10.3. The fraction of sp³-hybridized carbons (Fsp3) is 0.286. The number of hydrogen-bond donors (Lipinski definition) is 2. The topological polar surface area (TPSA) is 58.2 Å². The molecule has 1 saturated heterocycles. The monoisotopic (exact) mass is 244 g/mol. The molecule has 0 aliphatic carbocycles. The summed E-state index contributed by atoms with van der Waals surface area (Å²) in [5.74, 6) is -0.380. The van der Waals surface area contributed by atoms with E-state index >= 15 is 0 Å². The number of rotatable bonds is 4. The zero-order valence-corrected chi connectivity index (χ0v) is 10.3. The van der Waals surface area contributed by atoms with Crippen LogP contribution in [0.25, 0.3) is 6.08 Å². The highest BCUT2D eigenvalue weighted by molar-refractivity contribution is 6.13. The summed E-state index contributed by atoms with van der Waals surface area (Å²) in [5, 5.41) is 4.63. The summed E-state index contributed by atoms with van der Waals surface area (Å²) in [5.41, 5.74) is 2.49. The van der Waals surface area contributed by atoms with Crippen LogP contribution < -0.4 is 10.6 Å². The van der Waals surface area contributed by atoms with Crippen molar-refractivity contribution in [1.29, 1.82) is 0 Å². The Labute approximate surface area is 106 Å². The number of aryl methyl sites for hydroxylation is 1. The van der Waals surface area contributed by atoms with Gasteiger partial charge < -0.3 is 5.32 Å². The molecule has 1 aromatic carbocycles. The molecule has 0 radical (unpaired) electrons. The van der Waals surface area contributed by atoms with Gasteiger partial charge in [-0.15, -0.1) is 0 Å². The normalized spacial score (nSPS) is 16.8. The van der Waals surface area contributed by atoms with Gasteiger partial charge in [0.25, 0.3) is 5.91 Å². The van der Waals surface area contributed by atoms with Crippen LogP contribution in [0.15, 0.2) is 30.0 Å².